The molecule has 0 saturated heterocycles. The van der Waals surface area contributed by atoms with E-state index in [0.717, 1.165) is 5.56 Å². The van der Waals surface area contributed by atoms with Gasteiger partial charge >= 0.3 is 0 Å². The fourth-order valence-corrected chi connectivity index (χ4v) is 1.22. The molecule has 0 radical (unpaired) electrons. The first-order valence-electron chi connectivity index (χ1n) is 3.81. The number of benzene rings is 1. The Hall–Kier alpha value is -1.95. The van der Waals surface area contributed by atoms with Gasteiger partial charge < -0.3 is 9.47 Å². The average molecular weight is 173 g/mol. The zero-order chi connectivity index (χ0) is 9.26. The Bertz CT molecular complexity index is 404. The van der Waals surface area contributed by atoms with Gasteiger partial charge in [0.05, 0.1) is 11.6 Å². The molecule has 13 heavy (non-hydrogen) atoms. The molecule has 0 N–H and O–H groups in total. The zero-order valence-electron chi connectivity index (χ0n) is 6.91. The topological polar surface area (TPSA) is 42.2 Å². The van der Waals surface area contributed by atoms with Crippen molar-refractivity contribution in [2.75, 3.05) is 6.79 Å². The lowest BCUT2D eigenvalue weighted by molar-refractivity contribution is 0.174. The van der Waals surface area contributed by atoms with Gasteiger partial charge in [0.1, 0.15) is 0 Å². The summed E-state index contributed by atoms with van der Waals surface area (Å²) in [5.74, 6) is 1.30. The Morgan fingerprint density at radius 1 is 1.38 bits per heavy atom. The number of hydrogen-bond acceptors (Lipinski definition) is 3. The molecular weight excluding hydrogens is 166 g/mol. The summed E-state index contributed by atoms with van der Waals surface area (Å²) >= 11 is 0. The van der Waals surface area contributed by atoms with Gasteiger partial charge in [0, 0.05) is 6.07 Å². The van der Waals surface area contributed by atoms with Crippen molar-refractivity contribution in [1.82, 2.24) is 0 Å². The van der Waals surface area contributed by atoms with Crippen LogP contribution in [0, 0.1) is 11.3 Å². The predicted molar refractivity (Wildman–Crippen MR) is 47.4 cm³/mol. The summed E-state index contributed by atoms with van der Waals surface area (Å²) in [4.78, 5) is 0. The van der Waals surface area contributed by atoms with E-state index in [1.54, 1.807) is 18.2 Å². The third kappa shape index (κ3) is 1.13. The highest BCUT2D eigenvalue weighted by Gasteiger charge is 2.15. The molecule has 1 heterocycles. The van der Waals surface area contributed by atoms with Crippen molar-refractivity contribution in [1.29, 1.82) is 5.26 Å². The van der Waals surface area contributed by atoms with Crippen molar-refractivity contribution in [2.24, 2.45) is 0 Å². The number of nitrogens with zero attached hydrogens (tertiary/aromatic N) is 1. The molecule has 3 heteroatoms. The van der Waals surface area contributed by atoms with Crippen molar-refractivity contribution < 1.29 is 9.47 Å². The van der Waals surface area contributed by atoms with Crippen LogP contribution in [0.25, 0.3) is 6.08 Å². The fourth-order valence-electron chi connectivity index (χ4n) is 1.22. The van der Waals surface area contributed by atoms with Crippen LogP contribution in [0.2, 0.25) is 0 Å². The minimum Gasteiger partial charge on any atom is -0.454 e. The summed E-state index contributed by atoms with van der Waals surface area (Å²) in [6.45, 7) is 3.84. The van der Waals surface area contributed by atoms with Crippen LogP contribution in [0.1, 0.15) is 11.1 Å². The summed E-state index contributed by atoms with van der Waals surface area (Å²) < 4.78 is 10.3. The molecule has 0 fully saturated rings. The minimum absolute atomic E-state index is 0.223. The van der Waals surface area contributed by atoms with E-state index in [4.69, 9.17) is 14.7 Å². The summed E-state index contributed by atoms with van der Waals surface area (Å²) in [6, 6.07) is 5.49. The van der Waals surface area contributed by atoms with Gasteiger partial charge in [-0.25, -0.2) is 0 Å². The Kier molecular flexibility index (Phi) is 1.67. The van der Waals surface area contributed by atoms with Gasteiger partial charge in [-0.15, -0.1) is 0 Å². The molecular formula is C10H7NO2. The van der Waals surface area contributed by atoms with Gasteiger partial charge in [-0.3, -0.25) is 0 Å². The van der Waals surface area contributed by atoms with Gasteiger partial charge in [0.15, 0.2) is 11.5 Å². The lowest BCUT2D eigenvalue weighted by Gasteiger charge is -1.99. The normalized spacial score (nSPS) is 12.2. The minimum atomic E-state index is 0.223. The molecule has 0 aromatic heterocycles. The van der Waals surface area contributed by atoms with Crippen LogP contribution in [0.3, 0.4) is 0 Å². The highest BCUT2D eigenvalue weighted by molar-refractivity contribution is 5.63. The first-order valence-corrected chi connectivity index (χ1v) is 3.81. The predicted octanol–water partition coefficient (Wildman–Crippen LogP) is 1.93. The van der Waals surface area contributed by atoms with Crippen molar-refractivity contribution in [3.63, 3.8) is 0 Å². The molecule has 1 aromatic rings. The molecule has 1 aliphatic heterocycles. The van der Waals surface area contributed by atoms with E-state index in [1.165, 1.54) is 0 Å². The Labute approximate surface area is 75.8 Å². The van der Waals surface area contributed by atoms with Crippen LogP contribution in [0.5, 0.6) is 11.5 Å². The van der Waals surface area contributed by atoms with Gasteiger partial charge in [-0.1, -0.05) is 12.7 Å². The SMILES string of the molecule is C=Cc1cc2c(cc1C#N)OCO2. The van der Waals surface area contributed by atoms with E-state index >= 15 is 0 Å². The largest absolute Gasteiger partial charge is 0.454 e. The summed E-state index contributed by atoms with van der Waals surface area (Å²) in [7, 11) is 0. The van der Waals surface area contributed by atoms with Crippen molar-refractivity contribution in [3.05, 3.63) is 29.8 Å². The van der Waals surface area contributed by atoms with Crippen LogP contribution in [-0.2, 0) is 0 Å². The molecule has 2 rings (SSSR count). The summed E-state index contributed by atoms with van der Waals surface area (Å²) in [6.07, 6.45) is 1.63. The third-order valence-electron chi connectivity index (χ3n) is 1.89. The average Bonchev–Trinajstić information content (AvgIpc) is 2.62. The van der Waals surface area contributed by atoms with E-state index < -0.39 is 0 Å². The van der Waals surface area contributed by atoms with Crippen LogP contribution < -0.4 is 9.47 Å². The van der Waals surface area contributed by atoms with E-state index in [0.29, 0.717) is 17.1 Å². The highest BCUT2D eigenvalue weighted by atomic mass is 16.7. The second-order valence-corrected chi connectivity index (χ2v) is 2.61. The number of rotatable bonds is 1. The van der Waals surface area contributed by atoms with Crippen molar-refractivity contribution >= 4 is 6.08 Å². The zero-order valence-corrected chi connectivity index (χ0v) is 6.91. The number of hydrogen-bond donors (Lipinski definition) is 0. The molecule has 1 aliphatic rings. The summed E-state index contributed by atoms with van der Waals surface area (Å²) in [5, 5.41) is 8.79. The first kappa shape index (κ1) is 7.69. The molecule has 3 nitrogen and oxygen atoms in total. The molecule has 1 aromatic carbocycles. The quantitative estimate of drug-likeness (QED) is 0.651. The highest BCUT2D eigenvalue weighted by Crippen LogP contribution is 2.34. The number of ether oxygens (including phenoxy) is 2. The second kappa shape index (κ2) is 2.83. The molecule has 0 bridgehead atoms. The number of fused-ring (bicyclic) bond motifs is 1. The molecule has 0 amide bonds. The van der Waals surface area contributed by atoms with Crippen LogP contribution in [-0.4, -0.2) is 6.79 Å². The third-order valence-corrected chi connectivity index (χ3v) is 1.89. The van der Waals surface area contributed by atoms with Crippen molar-refractivity contribution in [3.8, 4) is 17.6 Å². The molecule has 0 unspecified atom stereocenters. The molecule has 64 valence electrons. The van der Waals surface area contributed by atoms with E-state index in [9.17, 15) is 0 Å². The molecule has 0 atom stereocenters. The lowest BCUT2D eigenvalue weighted by atomic mass is 10.1. The van der Waals surface area contributed by atoms with Crippen LogP contribution in [0.15, 0.2) is 18.7 Å². The van der Waals surface area contributed by atoms with Gasteiger partial charge in [-0.05, 0) is 11.6 Å². The fraction of sp³-hybridized carbons (Fsp3) is 0.100. The first-order chi connectivity index (χ1) is 6.35. The van der Waals surface area contributed by atoms with E-state index in [-0.39, 0.29) is 6.79 Å². The van der Waals surface area contributed by atoms with Gasteiger partial charge in [0.2, 0.25) is 6.79 Å². The van der Waals surface area contributed by atoms with Crippen LogP contribution >= 0.6 is 0 Å². The maximum absolute atomic E-state index is 8.79. The standard InChI is InChI=1S/C10H7NO2/c1-2-7-3-9-10(13-6-12-9)4-8(7)5-11/h2-4H,1,6H2. The lowest BCUT2D eigenvalue weighted by Crippen LogP contribution is -1.92. The van der Waals surface area contributed by atoms with Crippen molar-refractivity contribution in [2.45, 2.75) is 0 Å². The molecule has 0 saturated carbocycles. The summed E-state index contributed by atoms with van der Waals surface area (Å²) in [5.41, 5.74) is 1.33. The smallest absolute Gasteiger partial charge is 0.231 e. The van der Waals surface area contributed by atoms with Crippen LogP contribution in [0.4, 0.5) is 0 Å². The molecule has 0 spiro atoms. The maximum Gasteiger partial charge on any atom is 0.231 e. The van der Waals surface area contributed by atoms with E-state index in [2.05, 4.69) is 12.6 Å². The Morgan fingerprint density at radius 3 is 2.69 bits per heavy atom. The maximum atomic E-state index is 8.79. The van der Waals surface area contributed by atoms with Gasteiger partial charge in [-0.2, -0.15) is 5.26 Å². The van der Waals surface area contributed by atoms with Gasteiger partial charge in [0.25, 0.3) is 0 Å². The molecule has 0 aliphatic carbocycles. The second-order valence-electron chi connectivity index (χ2n) is 2.61. The Morgan fingerprint density at radius 2 is 2.08 bits per heavy atom. The monoisotopic (exact) mass is 173 g/mol. The van der Waals surface area contributed by atoms with E-state index in [1.807, 2.05) is 0 Å². The Balaban J connectivity index is 2.61. The number of nitriles is 1.